The van der Waals surface area contributed by atoms with Crippen LogP contribution >= 0.6 is 15.9 Å². The van der Waals surface area contributed by atoms with Crippen LogP contribution in [0.25, 0.3) is 0 Å². The number of amides is 2. The van der Waals surface area contributed by atoms with Crippen molar-refractivity contribution in [2.24, 2.45) is 0 Å². The lowest BCUT2D eigenvalue weighted by Gasteiger charge is -2.24. The van der Waals surface area contributed by atoms with E-state index in [4.69, 9.17) is 9.47 Å². The van der Waals surface area contributed by atoms with Gasteiger partial charge in [0.2, 0.25) is 0 Å². The van der Waals surface area contributed by atoms with Gasteiger partial charge in [-0.1, -0.05) is 51.8 Å². The average Bonchev–Trinajstić information content (AvgIpc) is 3.73. The summed E-state index contributed by atoms with van der Waals surface area (Å²) < 4.78 is 16.4. The number of nitrogens with one attached hydrogen (secondary N) is 1. The maximum absolute atomic E-state index is 11.9. The number of aryl methyl sites for hydroxylation is 1. The largest absolute Gasteiger partial charge is 0.465 e. The second kappa shape index (κ2) is 14.9. The smallest absolute Gasteiger partial charge is 0.410 e. The Morgan fingerprint density at radius 2 is 1.15 bits per heavy atom. The summed E-state index contributed by atoms with van der Waals surface area (Å²) in [5.41, 5.74) is 8.30. The zero-order valence-corrected chi connectivity index (χ0v) is 30.2. The van der Waals surface area contributed by atoms with Gasteiger partial charge in [-0.15, -0.1) is 0 Å². The summed E-state index contributed by atoms with van der Waals surface area (Å²) in [6, 6.07) is 18.1. The minimum absolute atomic E-state index is 0.230. The van der Waals surface area contributed by atoms with E-state index in [0.717, 1.165) is 17.6 Å². The molecule has 6 rings (SSSR count). The summed E-state index contributed by atoms with van der Waals surface area (Å²) in [7, 11) is 1.40. The summed E-state index contributed by atoms with van der Waals surface area (Å²) in [5, 5.41) is 3.22. The number of fused-ring (bicyclic) bond motifs is 3. The lowest BCUT2D eigenvalue weighted by Crippen LogP contribution is -2.33. The van der Waals surface area contributed by atoms with E-state index in [2.05, 4.69) is 57.2 Å². The Morgan fingerprint density at radius 1 is 0.660 bits per heavy atom. The van der Waals surface area contributed by atoms with Gasteiger partial charge in [0.1, 0.15) is 11.2 Å². The van der Waals surface area contributed by atoms with E-state index in [1.54, 1.807) is 15.9 Å². The first-order valence-corrected chi connectivity index (χ1v) is 16.5. The molecule has 2 amide bonds. The molecule has 47 heavy (non-hydrogen) atoms. The van der Waals surface area contributed by atoms with Crippen molar-refractivity contribution in [3.8, 4) is 0 Å². The lowest BCUT2D eigenvalue weighted by atomic mass is 10.1. The molecule has 10 heteroatoms. The molecule has 0 saturated heterocycles. The molecule has 3 aliphatic rings. The number of nitrogens with zero attached hydrogens (tertiary/aromatic N) is 2. The number of esters is 1. The molecule has 0 unspecified atom stereocenters. The van der Waals surface area contributed by atoms with Gasteiger partial charge in [0, 0.05) is 43.7 Å². The van der Waals surface area contributed by atoms with Gasteiger partial charge in [0.15, 0.2) is 0 Å². The molecule has 0 fully saturated rings. The Morgan fingerprint density at radius 3 is 1.70 bits per heavy atom. The molecule has 252 valence electrons. The van der Waals surface area contributed by atoms with Crippen LogP contribution in [0.4, 0.5) is 9.59 Å². The highest BCUT2D eigenvalue weighted by Gasteiger charge is 2.28. The van der Waals surface area contributed by atoms with E-state index in [1.807, 2.05) is 65.8 Å². The van der Waals surface area contributed by atoms with Crippen LogP contribution in [-0.2, 0) is 53.5 Å². The fourth-order valence-corrected chi connectivity index (χ4v) is 5.75. The van der Waals surface area contributed by atoms with Crippen LogP contribution in [0.1, 0.15) is 90.8 Å². The van der Waals surface area contributed by atoms with E-state index in [1.165, 1.54) is 46.1 Å². The van der Waals surface area contributed by atoms with Crippen molar-refractivity contribution < 1.29 is 28.6 Å². The van der Waals surface area contributed by atoms with E-state index in [0.29, 0.717) is 31.7 Å². The molecule has 9 nitrogen and oxygen atoms in total. The van der Waals surface area contributed by atoms with Gasteiger partial charge in [-0.25, -0.2) is 14.4 Å². The number of carbonyl (C=O) groups excluding carboxylic acids is 3. The predicted molar refractivity (Wildman–Crippen MR) is 185 cm³/mol. The highest BCUT2D eigenvalue weighted by atomic mass is 79.9. The third-order valence-electron chi connectivity index (χ3n) is 7.54. The standard InChI is InChI=1S/C14H19NO2.C13H16BrNO2.C10H11NO2/c1-10-5-6-11-8-15(9-12(11)7-10)13(16)17-14(2,3)4;1-13(2,3)17-12(16)15-7-9-4-5-11(14)6-10(9)8-15;1-13-10(12)7-2-3-8-5-11-6-9(8)4-7/h5-7H,8-9H2,1-4H3;4-6H,7-8H2,1-3H3;2-4,11H,5-6H2,1H3. The third-order valence-corrected chi connectivity index (χ3v) is 8.03. The molecular formula is C37H46BrN3O6. The zero-order valence-electron chi connectivity index (χ0n) is 28.7. The molecule has 3 aromatic carbocycles. The average molecular weight is 709 g/mol. The first-order chi connectivity index (χ1) is 22.0. The van der Waals surface area contributed by atoms with Crippen LogP contribution in [0.15, 0.2) is 59.1 Å². The van der Waals surface area contributed by atoms with Gasteiger partial charge < -0.3 is 19.5 Å². The van der Waals surface area contributed by atoms with E-state index < -0.39 is 11.2 Å². The number of hydrogen-bond acceptors (Lipinski definition) is 7. The Kier molecular flexibility index (Phi) is 11.4. The summed E-state index contributed by atoms with van der Waals surface area (Å²) >= 11 is 3.44. The monoisotopic (exact) mass is 707 g/mol. The fourth-order valence-electron chi connectivity index (χ4n) is 5.34. The predicted octanol–water partition coefficient (Wildman–Crippen LogP) is 8.02. The molecule has 0 saturated carbocycles. The van der Waals surface area contributed by atoms with Crippen LogP contribution in [-0.4, -0.2) is 46.3 Å². The number of benzene rings is 3. The van der Waals surface area contributed by atoms with Crippen molar-refractivity contribution in [3.05, 3.63) is 104 Å². The Hall–Kier alpha value is -3.89. The summed E-state index contributed by atoms with van der Waals surface area (Å²) in [4.78, 5) is 38.5. The number of hydrogen-bond donors (Lipinski definition) is 1. The van der Waals surface area contributed by atoms with Crippen molar-refractivity contribution >= 4 is 34.1 Å². The number of methoxy groups -OCH3 is 1. The van der Waals surface area contributed by atoms with Crippen LogP contribution in [0.3, 0.4) is 0 Å². The SMILES string of the molecule is CC(C)(C)OC(=O)N1Cc2ccc(Br)cc2C1.COC(=O)c1ccc2c(c1)CNC2.Cc1ccc2c(c1)CN(C(=O)OC(C)(C)C)C2. The minimum atomic E-state index is -0.438. The van der Waals surface area contributed by atoms with Crippen molar-refractivity contribution in [3.63, 3.8) is 0 Å². The highest BCUT2D eigenvalue weighted by Crippen LogP contribution is 2.28. The molecule has 1 N–H and O–H groups in total. The second-order valence-corrected chi connectivity index (χ2v) is 14.9. The van der Waals surface area contributed by atoms with Crippen molar-refractivity contribution in [1.82, 2.24) is 15.1 Å². The number of carbonyl (C=O) groups is 3. The highest BCUT2D eigenvalue weighted by molar-refractivity contribution is 9.10. The molecule has 0 aromatic heterocycles. The van der Waals surface area contributed by atoms with Gasteiger partial charge in [0.05, 0.1) is 12.7 Å². The normalized spacial score (nSPS) is 14.5. The minimum Gasteiger partial charge on any atom is -0.465 e. The summed E-state index contributed by atoms with van der Waals surface area (Å²) in [6.07, 6.45) is -0.476. The van der Waals surface area contributed by atoms with Crippen molar-refractivity contribution in [1.29, 1.82) is 0 Å². The molecule has 3 aromatic rings. The molecule has 0 radical (unpaired) electrons. The first-order valence-electron chi connectivity index (χ1n) is 15.7. The third kappa shape index (κ3) is 10.3. The maximum atomic E-state index is 11.9. The zero-order chi connectivity index (χ0) is 34.5. The van der Waals surface area contributed by atoms with E-state index >= 15 is 0 Å². The Balaban J connectivity index is 0.000000161. The fraction of sp³-hybridized carbons (Fsp3) is 0.432. The summed E-state index contributed by atoms with van der Waals surface area (Å²) in [6.45, 7) is 17.7. The number of rotatable bonds is 1. The van der Waals surface area contributed by atoms with Crippen molar-refractivity contribution in [2.45, 2.75) is 98.9 Å². The second-order valence-electron chi connectivity index (χ2n) is 13.9. The van der Waals surface area contributed by atoms with E-state index in [9.17, 15) is 14.4 Å². The van der Waals surface area contributed by atoms with E-state index in [-0.39, 0.29) is 18.2 Å². The van der Waals surface area contributed by atoms with Gasteiger partial charge >= 0.3 is 18.2 Å². The van der Waals surface area contributed by atoms with Crippen LogP contribution in [0, 0.1) is 6.92 Å². The van der Waals surface area contributed by atoms with Crippen molar-refractivity contribution in [2.75, 3.05) is 7.11 Å². The number of halogens is 1. The van der Waals surface area contributed by atoms with Gasteiger partial charge in [0.25, 0.3) is 0 Å². The maximum Gasteiger partial charge on any atom is 0.410 e. The van der Waals surface area contributed by atoms with Gasteiger partial charge in [-0.2, -0.15) is 0 Å². The topological polar surface area (TPSA) is 97.4 Å². The molecule has 3 heterocycles. The van der Waals surface area contributed by atoms with Gasteiger partial charge in [-0.05, 0) is 106 Å². The van der Waals surface area contributed by atoms with Crippen LogP contribution in [0.2, 0.25) is 0 Å². The van der Waals surface area contributed by atoms with Gasteiger partial charge in [-0.3, -0.25) is 9.80 Å². The molecular weight excluding hydrogens is 662 g/mol. The Labute approximate surface area is 286 Å². The Bertz CT molecular complexity index is 1540. The first kappa shape index (κ1) is 36.0. The lowest BCUT2D eigenvalue weighted by molar-refractivity contribution is 0.0232. The number of ether oxygens (including phenoxy) is 3. The quantitative estimate of drug-likeness (QED) is 0.202. The molecule has 0 bridgehead atoms. The molecule has 3 aliphatic heterocycles. The molecule has 0 aliphatic carbocycles. The van der Waals surface area contributed by atoms with Crippen LogP contribution < -0.4 is 5.32 Å². The summed E-state index contributed by atoms with van der Waals surface area (Å²) in [5.74, 6) is -0.269. The van der Waals surface area contributed by atoms with Crippen LogP contribution in [0.5, 0.6) is 0 Å². The molecule has 0 atom stereocenters. The molecule has 0 spiro atoms.